The topological polar surface area (TPSA) is 9.23 Å². The SMILES string of the molecule is CCCCOC1(C(F)F)C=CC(c2ccccc2)C=C1. The van der Waals surface area contributed by atoms with Gasteiger partial charge in [-0.15, -0.1) is 0 Å². The summed E-state index contributed by atoms with van der Waals surface area (Å²) >= 11 is 0. The summed E-state index contributed by atoms with van der Waals surface area (Å²) in [6, 6.07) is 9.82. The van der Waals surface area contributed by atoms with Gasteiger partial charge < -0.3 is 4.74 Å². The third-order valence-electron chi connectivity index (χ3n) is 3.50. The van der Waals surface area contributed by atoms with E-state index in [-0.39, 0.29) is 5.92 Å². The van der Waals surface area contributed by atoms with Crippen molar-refractivity contribution in [2.45, 2.75) is 37.7 Å². The third kappa shape index (κ3) is 3.34. The molecule has 0 aliphatic heterocycles. The Bertz CT molecular complexity index is 451. The first-order valence-electron chi connectivity index (χ1n) is 7.04. The van der Waals surface area contributed by atoms with E-state index in [1.165, 1.54) is 12.2 Å². The van der Waals surface area contributed by atoms with Gasteiger partial charge in [0, 0.05) is 12.5 Å². The lowest BCUT2D eigenvalue weighted by atomic mass is 9.88. The Morgan fingerprint density at radius 1 is 1.15 bits per heavy atom. The summed E-state index contributed by atoms with van der Waals surface area (Å²) in [6.07, 6.45) is 5.78. The highest BCUT2D eigenvalue weighted by atomic mass is 19.3. The number of rotatable bonds is 6. The van der Waals surface area contributed by atoms with E-state index in [4.69, 9.17) is 4.74 Å². The number of hydrogen-bond acceptors (Lipinski definition) is 1. The molecule has 3 heteroatoms. The van der Waals surface area contributed by atoms with Gasteiger partial charge in [-0.1, -0.05) is 55.8 Å². The number of alkyl halides is 2. The number of ether oxygens (including phenoxy) is 1. The molecule has 0 bridgehead atoms. The summed E-state index contributed by atoms with van der Waals surface area (Å²) in [6.45, 7) is 2.36. The van der Waals surface area contributed by atoms with Gasteiger partial charge in [0.05, 0.1) is 0 Å². The molecule has 0 fully saturated rings. The predicted molar refractivity (Wildman–Crippen MR) is 77.1 cm³/mol. The van der Waals surface area contributed by atoms with Crippen molar-refractivity contribution < 1.29 is 13.5 Å². The summed E-state index contributed by atoms with van der Waals surface area (Å²) < 4.78 is 32.0. The van der Waals surface area contributed by atoms with Gasteiger partial charge in [0.2, 0.25) is 0 Å². The molecule has 0 atom stereocenters. The highest BCUT2D eigenvalue weighted by Gasteiger charge is 2.38. The van der Waals surface area contributed by atoms with Crippen molar-refractivity contribution >= 4 is 0 Å². The maximum absolute atomic E-state index is 13.3. The van der Waals surface area contributed by atoms with Gasteiger partial charge >= 0.3 is 0 Å². The first-order valence-corrected chi connectivity index (χ1v) is 7.04. The fraction of sp³-hybridized carbons (Fsp3) is 0.412. The summed E-state index contributed by atoms with van der Waals surface area (Å²) in [5.74, 6) is 0.0397. The van der Waals surface area contributed by atoms with Gasteiger partial charge in [-0.05, 0) is 24.1 Å². The molecule has 0 saturated heterocycles. The Morgan fingerprint density at radius 2 is 1.80 bits per heavy atom. The smallest absolute Gasteiger partial charge is 0.274 e. The fourth-order valence-corrected chi connectivity index (χ4v) is 2.22. The van der Waals surface area contributed by atoms with Crippen molar-refractivity contribution in [2.75, 3.05) is 6.61 Å². The molecule has 0 saturated carbocycles. The zero-order valence-corrected chi connectivity index (χ0v) is 11.6. The van der Waals surface area contributed by atoms with Gasteiger partial charge in [0.25, 0.3) is 6.43 Å². The molecule has 1 aliphatic rings. The van der Waals surface area contributed by atoms with Crippen molar-refractivity contribution in [1.29, 1.82) is 0 Å². The highest BCUT2D eigenvalue weighted by Crippen LogP contribution is 2.33. The van der Waals surface area contributed by atoms with Crippen LogP contribution in [0.1, 0.15) is 31.2 Å². The van der Waals surface area contributed by atoms with E-state index < -0.39 is 12.0 Å². The van der Waals surface area contributed by atoms with Crippen molar-refractivity contribution in [3.63, 3.8) is 0 Å². The second kappa shape index (κ2) is 6.80. The maximum atomic E-state index is 13.3. The van der Waals surface area contributed by atoms with Gasteiger partial charge in [0.15, 0.2) is 5.60 Å². The number of benzene rings is 1. The number of hydrogen-bond donors (Lipinski definition) is 0. The van der Waals surface area contributed by atoms with E-state index in [2.05, 4.69) is 0 Å². The van der Waals surface area contributed by atoms with E-state index in [0.29, 0.717) is 6.61 Å². The van der Waals surface area contributed by atoms with Crippen LogP contribution in [0, 0.1) is 0 Å². The van der Waals surface area contributed by atoms with Gasteiger partial charge in [0.1, 0.15) is 0 Å². The quantitative estimate of drug-likeness (QED) is 0.540. The molecule has 20 heavy (non-hydrogen) atoms. The molecule has 1 aromatic carbocycles. The minimum absolute atomic E-state index is 0.0397. The van der Waals surface area contributed by atoms with E-state index in [9.17, 15) is 8.78 Å². The first-order chi connectivity index (χ1) is 9.68. The average molecular weight is 278 g/mol. The zero-order chi connectivity index (χ0) is 14.4. The number of halogens is 2. The number of allylic oxidation sites excluding steroid dienone is 2. The number of unbranched alkanes of at least 4 members (excludes halogenated alkanes) is 1. The lowest BCUT2D eigenvalue weighted by Crippen LogP contribution is -2.38. The molecule has 1 aromatic rings. The van der Waals surface area contributed by atoms with Crippen LogP contribution in [-0.4, -0.2) is 18.6 Å². The Kier molecular flexibility index (Phi) is 5.07. The largest absolute Gasteiger partial charge is 0.361 e. The minimum atomic E-state index is -2.55. The van der Waals surface area contributed by atoms with Crippen molar-refractivity contribution in [3.8, 4) is 0 Å². The minimum Gasteiger partial charge on any atom is -0.361 e. The summed E-state index contributed by atoms with van der Waals surface area (Å²) in [5.41, 5.74) is -0.461. The van der Waals surface area contributed by atoms with Crippen molar-refractivity contribution in [3.05, 3.63) is 60.2 Å². The molecular weight excluding hydrogens is 258 g/mol. The predicted octanol–water partition coefficient (Wildman–Crippen LogP) is 4.72. The van der Waals surface area contributed by atoms with Crippen LogP contribution < -0.4 is 0 Å². The van der Waals surface area contributed by atoms with E-state index >= 15 is 0 Å². The lowest BCUT2D eigenvalue weighted by molar-refractivity contribution is -0.0810. The molecule has 0 amide bonds. The molecule has 1 nitrogen and oxygen atoms in total. The van der Waals surface area contributed by atoms with Crippen LogP contribution in [0.4, 0.5) is 8.78 Å². The summed E-state index contributed by atoms with van der Waals surface area (Å²) in [7, 11) is 0. The zero-order valence-electron chi connectivity index (χ0n) is 11.6. The van der Waals surface area contributed by atoms with E-state index in [0.717, 1.165) is 18.4 Å². The van der Waals surface area contributed by atoms with E-state index in [1.54, 1.807) is 12.2 Å². The fourth-order valence-electron chi connectivity index (χ4n) is 2.22. The molecular formula is C17H20F2O. The van der Waals surface area contributed by atoms with Crippen LogP contribution in [-0.2, 0) is 4.74 Å². The van der Waals surface area contributed by atoms with Gasteiger partial charge in [-0.3, -0.25) is 0 Å². The average Bonchev–Trinajstić information content (AvgIpc) is 2.49. The third-order valence-corrected chi connectivity index (χ3v) is 3.50. The van der Waals surface area contributed by atoms with Crippen LogP contribution in [0.5, 0.6) is 0 Å². The normalized spacial score (nSPS) is 25.3. The lowest BCUT2D eigenvalue weighted by Gasteiger charge is -2.30. The van der Waals surface area contributed by atoms with Crippen LogP contribution >= 0.6 is 0 Å². The van der Waals surface area contributed by atoms with E-state index in [1.807, 2.05) is 37.3 Å². The second-order valence-electron chi connectivity index (χ2n) is 5.01. The molecule has 108 valence electrons. The molecule has 1 aliphatic carbocycles. The summed E-state index contributed by atoms with van der Waals surface area (Å²) in [4.78, 5) is 0. The second-order valence-corrected chi connectivity index (χ2v) is 5.01. The first kappa shape index (κ1) is 14.9. The highest BCUT2D eigenvalue weighted by molar-refractivity contribution is 5.35. The van der Waals surface area contributed by atoms with Gasteiger partial charge in [-0.25, -0.2) is 8.78 Å². The molecule has 0 unspecified atom stereocenters. The Morgan fingerprint density at radius 3 is 2.35 bits per heavy atom. The molecule has 0 aromatic heterocycles. The molecule has 0 N–H and O–H groups in total. The Balaban J connectivity index is 2.10. The molecule has 0 spiro atoms. The molecule has 2 rings (SSSR count). The Hall–Kier alpha value is -1.48. The van der Waals surface area contributed by atoms with Gasteiger partial charge in [-0.2, -0.15) is 0 Å². The molecule has 0 heterocycles. The van der Waals surface area contributed by atoms with Crippen LogP contribution in [0.2, 0.25) is 0 Å². The van der Waals surface area contributed by atoms with Crippen LogP contribution in [0.3, 0.4) is 0 Å². The standard InChI is InChI=1S/C17H20F2O/c1-2-3-13-20-17(16(18)19)11-9-15(10-12-17)14-7-5-4-6-8-14/h4-12,15-16H,2-3,13H2,1H3. The monoisotopic (exact) mass is 278 g/mol. The Labute approximate surface area is 119 Å². The van der Waals surface area contributed by atoms with Crippen molar-refractivity contribution in [2.24, 2.45) is 0 Å². The maximum Gasteiger partial charge on any atom is 0.274 e. The van der Waals surface area contributed by atoms with Crippen LogP contribution in [0.25, 0.3) is 0 Å². The van der Waals surface area contributed by atoms with Crippen molar-refractivity contribution in [1.82, 2.24) is 0 Å². The van der Waals surface area contributed by atoms with Crippen LogP contribution in [0.15, 0.2) is 54.6 Å². The molecule has 0 radical (unpaired) electrons. The summed E-state index contributed by atoms with van der Waals surface area (Å²) in [5, 5.41) is 0.